The van der Waals surface area contributed by atoms with E-state index in [0.29, 0.717) is 11.7 Å². The number of halogens is 1. The number of nitrogens with zero attached hydrogens (tertiary/aromatic N) is 1. The number of rotatable bonds is 2. The molecule has 0 fully saturated rings. The second kappa shape index (κ2) is 5.24. The van der Waals surface area contributed by atoms with Gasteiger partial charge in [0.2, 0.25) is 0 Å². The quantitative estimate of drug-likeness (QED) is 0.711. The number of benzene rings is 2. The molecule has 0 bridgehead atoms. The summed E-state index contributed by atoms with van der Waals surface area (Å²) in [7, 11) is 0. The van der Waals surface area contributed by atoms with E-state index in [1.807, 2.05) is 18.2 Å². The molecule has 0 unspecified atom stereocenters. The molecule has 0 saturated carbocycles. The summed E-state index contributed by atoms with van der Waals surface area (Å²) in [6.45, 7) is 0.564. The van der Waals surface area contributed by atoms with Crippen molar-refractivity contribution in [3.8, 4) is 0 Å². The number of fused-ring (bicyclic) bond motifs is 2. The zero-order valence-corrected chi connectivity index (χ0v) is 12.8. The molecule has 1 heterocycles. The molecule has 4 rings (SSSR count). The van der Waals surface area contributed by atoms with Crippen LogP contribution in [0, 0.1) is 0 Å². The molecule has 0 atom stereocenters. The van der Waals surface area contributed by atoms with Crippen molar-refractivity contribution in [2.75, 3.05) is 0 Å². The van der Waals surface area contributed by atoms with Gasteiger partial charge in [-0.15, -0.1) is 0 Å². The van der Waals surface area contributed by atoms with Gasteiger partial charge in [0.1, 0.15) is 5.15 Å². The van der Waals surface area contributed by atoms with E-state index < -0.39 is 0 Å². The lowest BCUT2D eigenvalue weighted by Gasteiger charge is -2.07. The SMILES string of the molecule is NCc1ccc2c(c1)C=C(c1cc3ccccc3nc1Cl)C2. The first-order valence-corrected chi connectivity index (χ1v) is 7.70. The monoisotopic (exact) mass is 306 g/mol. The highest BCUT2D eigenvalue weighted by atomic mass is 35.5. The van der Waals surface area contributed by atoms with Crippen LogP contribution in [0.25, 0.3) is 22.6 Å². The highest BCUT2D eigenvalue weighted by Gasteiger charge is 2.17. The molecule has 2 aromatic carbocycles. The van der Waals surface area contributed by atoms with E-state index in [0.717, 1.165) is 28.5 Å². The van der Waals surface area contributed by atoms with Crippen molar-refractivity contribution >= 4 is 34.2 Å². The molecule has 3 aromatic rings. The van der Waals surface area contributed by atoms with Crippen molar-refractivity contribution < 1.29 is 0 Å². The lowest BCUT2D eigenvalue weighted by molar-refractivity contribution is 1.07. The van der Waals surface area contributed by atoms with Gasteiger partial charge in [-0.2, -0.15) is 0 Å². The van der Waals surface area contributed by atoms with E-state index >= 15 is 0 Å². The van der Waals surface area contributed by atoms with Gasteiger partial charge in [0.15, 0.2) is 0 Å². The summed E-state index contributed by atoms with van der Waals surface area (Å²) in [6, 6.07) is 16.6. The largest absolute Gasteiger partial charge is 0.326 e. The zero-order chi connectivity index (χ0) is 15.1. The van der Waals surface area contributed by atoms with Gasteiger partial charge in [-0.1, -0.05) is 54.1 Å². The maximum Gasteiger partial charge on any atom is 0.137 e. The summed E-state index contributed by atoms with van der Waals surface area (Å²) in [4.78, 5) is 4.52. The minimum Gasteiger partial charge on any atom is -0.326 e. The Morgan fingerprint density at radius 1 is 1.09 bits per heavy atom. The topological polar surface area (TPSA) is 38.9 Å². The predicted octanol–water partition coefficient (Wildman–Crippen LogP) is 4.44. The number of allylic oxidation sites excluding steroid dienone is 1. The second-order valence-electron chi connectivity index (χ2n) is 5.60. The Labute approximate surface area is 134 Å². The van der Waals surface area contributed by atoms with Crippen LogP contribution in [0.2, 0.25) is 5.15 Å². The zero-order valence-electron chi connectivity index (χ0n) is 12.0. The highest BCUT2D eigenvalue weighted by molar-refractivity contribution is 6.32. The predicted molar refractivity (Wildman–Crippen MR) is 92.7 cm³/mol. The van der Waals surface area contributed by atoms with Crippen molar-refractivity contribution in [1.29, 1.82) is 0 Å². The summed E-state index contributed by atoms with van der Waals surface area (Å²) >= 11 is 6.41. The first-order chi connectivity index (χ1) is 10.7. The Bertz CT molecular complexity index is 912. The van der Waals surface area contributed by atoms with Gasteiger partial charge in [-0.05, 0) is 40.8 Å². The smallest absolute Gasteiger partial charge is 0.137 e. The first kappa shape index (κ1) is 13.5. The minimum absolute atomic E-state index is 0.564. The van der Waals surface area contributed by atoms with Crippen LogP contribution in [0.3, 0.4) is 0 Å². The second-order valence-corrected chi connectivity index (χ2v) is 5.96. The minimum atomic E-state index is 0.564. The van der Waals surface area contributed by atoms with Crippen molar-refractivity contribution in [2.45, 2.75) is 13.0 Å². The third-order valence-corrected chi connectivity index (χ3v) is 4.47. The van der Waals surface area contributed by atoms with Gasteiger partial charge in [-0.25, -0.2) is 4.98 Å². The van der Waals surface area contributed by atoms with Crippen molar-refractivity contribution in [3.63, 3.8) is 0 Å². The highest BCUT2D eigenvalue weighted by Crippen LogP contribution is 2.35. The lowest BCUT2D eigenvalue weighted by atomic mass is 10.0. The van der Waals surface area contributed by atoms with E-state index in [4.69, 9.17) is 17.3 Å². The summed E-state index contributed by atoms with van der Waals surface area (Å²) in [5.74, 6) is 0. The Kier molecular flexibility index (Phi) is 3.21. The van der Waals surface area contributed by atoms with E-state index in [1.165, 1.54) is 16.7 Å². The molecular formula is C19H15ClN2. The molecule has 2 nitrogen and oxygen atoms in total. The maximum absolute atomic E-state index is 6.41. The van der Waals surface area contributed by atoms with Gasteiger partial charge in [0.05, 0.1) is 5.52 Å². The number of aromatic nitrogens is 1. The molecule has 108 valence electrons. The fraction of sp³-hybridized carbons (Fsp3) is 0.105. The summed E-state index contributed by atoms with van der Waals surface area (Å²) in [6.07, 6.45) is 3.09. The fourth-order valence-corrected chi connectivity index (χ4v) is 3.27. The number of nitrogens with two attached hydrogens (primary N) is 1. The number of hydrogen-bond acceptors (Lipinski definition) is 2. The van der Waals surface area contributed by atoms with Gasteiger partial charge >= 0.3 is 0 Å². The Morgan fingerprint density at radius 3 is 2.82 bits per heavy atom. The van der Waals surface area contributed by atoms with E-state index in [1.54, 1.807) is 0 Å². The molecular weight excluding hydrogens is 292 g/mol. The number of hydrogen-bond donors (Lipinski definition) is 1. The Morgan fingerprint density at radius 2 is 1.95 bits per heavy atom. The third-order valence-electron chi connectivity index (χ3n) is 4.18. The average Bonchev–Trinajstić information content (AvgIpc) is 2.96. The summed E-state index contributed by atoms with van der Waals surface area (Å²) < 4.78 is 0. The van der Waals surface area contributed by atoms with Gasteiger partial charge in [-0.3, -0.25) is 0 Å². The molecule has 0 aliphatic heterocycles. The maximum atomic E-state index is 6.41. The van der Waals surface area contributed by atoms with E-state index in [2.05, 4.69) is 41.4 Å². The Balaban J connectivity index is 1.81. The Hall–Kier alpha value is -2.16. The lowest BCUT2D eigenvalue weighted by Crippen LogP contribution is -1.96. The van der Waals surface area contributed by atoms with Crippen molar-refractivity contribution in [3.05, 3.63) is 75.9 Å². The van der Waals surface area contributed by atoms with Crippen molar-refractivity contribution in [2.24, 2.45) is 5.73 Å². The van der Waals surface area contributed by atoms with Crippen LogP contribution < -0.4 is 5.73 Å². The van der Waals surface area contributed by atoms with Gasteiger partial charge in [0, 0.05) is 17.5 Å². The van der Waals surface area contributed by atoms with Crippen LogP contribution in [0.5, 0.6) is 0 Å². The van der Waals surface area contributed by atoms with Crippen molar-refractivity contribution in [1.82, 2.24) is 4.98 Å². The third kappa shape index (κ3) is 2.21. The molecule has 1 aromatic heterocycles. The van der Waals surface area contributed by atoms with Crippen LogP contribution in [-0.2, 0) is 13.0 Å². The molecule has 0 saturated heterocycles. The number of para-hydroxylation sites is 1. The molecule has 0 spiro atoms. The molecule has 2 N–H and O–H groups in total. The molecule has 1 aliphatic carbocycles. The van der Waals surface area contributed by atoms with Crippen LogP contribution in [0.4, 0.5) is 0 Å². The van der Waals surface area contributed by atoms with Gasteiger partial charge < -0.3 is 5.73 Å². The average molecular weight is 307 g/mol. The van der Waals surface area contributed by atoms with Crippen LogP contribution in [-0.4, -0.2) is 4.98 Å². The van der Waals surface area contributed by atoms with Crippen LogP contribution >= 0.6 is 11.6 Å². The van der Waals surface area contributed by atoms with Gasteiger partial charge in [0.25, 0.3) is 0 Å². The molecule has 0 radical (unpaired) electrons. The number of pyridine rings is 1. The van der Waals surface area contributed by atoms with Crippen LogP contribution in [0.1, 0.15) is 22.3 Å². The molecule has 1 aliphatic rings. The molecule has 22 heavy (non-hydrogen) atoms. The fourth-order valence-electron chi connectivity index (χ4n) is 3.00. The molecule has 3 heteroatoms. The summed E-state index contributed by atoms with van der Waals surface area (Å²) in [5, 5.41) is 1.68. The normalized spacial score (nSPS) is 13.3. The summed E-state index contributed by atoms with van der Waals surface area (Å²) in [5.41, 5.74) is 12.6. The van der Waals surface area contributed by atoms with E-state index in [9.17, 15) is 0 Å². The first-order valence-electron chi connectivity index (χ1n) is 7.33. The van der Waals surface area contributed by atoms with Crippen LogP contribution in [0.15, 0.2) is 48.5 Å². The molecule has 0 amide bonds. The standard InChI is InChI=1S/C19H15ClN2/c20-19-17(10-14-3-1-2-4-18(14)22-19)16-8-13-6-5-12(11-21)7-15(13)9-16/h1-7,9-10H,8,11,21H2. The van der Waals surface area contributed by atoms with E-state index in [-0.39, 0.29) is 0 Å².